The second kappa shape index (κ2) is 8.29. The quantitative estimate of drug-likeness (QED) is 0.777. The van der Waals surface area contributed by atoms with E-state index < -0.39 is 23.9 Å². The summed E-state index contributed by atoms with van der Waals surface area (Å²) in [4.78, 5) is 35.9. The van der Waals surface area contributed by atoms with Gasteiger partial charge >= 0.3 is 11.9 Å². The van der Waals surface area contributed by atoms with Crippen LogP contribution in [0.2, 0.25) is 0 Å². The van der Waals surface area contributed by atoms with Gasteiger partial charge in [-0.05, 0) is 42.7 Å². The highest BCUT2D eigenvalue weighted by molar-refractivity contribution is 6.05. The van der Waals surface area contributed by atoms with E-state index in [4.69, 9.17) is 4.74 Å². The highest BCUT2D eigenvalue weighted by atomic mass is 16.5. The molecule has 6 nitrogen and oxygen atoms in total. The first-order valence-electron chi connectivity index (χ1n) is 8.11. The van der Waals surface area contributed by atoms with Crippen molar-refractivity contribution >= 4 is 17.8 Å². The molecule has 0 aliphatic rings. The number of carboxylic acid groups (broad SMARTS) is 1. The number of carbonyl (C=O) groups excluding carboxylic acids is 2. The van der Waals surface area contributed by atoms with Crippen LogP contribution in [0.1, 0.15) is 49.9 Å². The van der Waals surface area contributed by atoms with E-state index in [2.05, 4.69) is 5.32 Å². The molecule has 0 spiro atoms. The molecule has 2 aromatic carbocycles. The lowest BCUT2D eigenvalue weighted by atomic mass is 9.95. The average molecular weight is 355 g/mol. The molecule has 2 N–H and O–H groups in total. The summed E-state index contributed by atoms with van der Waals surface area (Å²) in [5, 5.41) is 12.1. The summed E-state index contributed by atoms with van der Waals surface area (Å²) >= 11 is 0. The molecule has 2 rings (SSSR count). The molecule has 1 atom stereocenters. The van der Waals surface area contributed by atoms with E-state index in [-0.39, 0.29) is 17.5 Å². The molecule has 0 aliphatic carbocycles. The maximum absolute atomic E-state index is 12.7. The molecule has 1 amide bonds. The predicted molar refractivity (Wildman–Crippen MR) is 96.2 cm³/mol. The van der Waals surface area contributed by atoms with E-state index in [1.165, 1.54) is 19.2 Å². The first kappa shape index (κ1) is 19.2. The third kappa shape index (κ3) is 4.27. The van der Waals surface area contributed by atoms with Crippen LogP contribution in [0.4, 0.5) is 0 Å². The zero-order valence-electron chi connectivity index (χ0n) is 14.9. The molecule has 0 bridgehead atoms. The third-order valence-corrected chi connectivity index (χ3v) is 4.33. The van der Waals surface area contributed by atoms with Crippen molar-refractivity contribution in [2.45, 2.75) is 26.3 Å². The van der Waals surface area contributed by atoms with Gasteiger partial charge in [-0.1, -0.05) is 30.3 Å². The number of methoxy groups -OCH3 is 1. The van der Waals surface area contributed by atoms with Gasteiger partial charge in [0.2, 0.25) is 0 Å². The van der Waals surface area contributed by atoms with Gasteiger partial charge < -0.3 is 15.2 Å². The maximum Gasteiger partial charge on any atom is 0.336 e. The molecule has 0 aliphatic heterocycles. The first-order chi connectivity index (χ1) is 12.3. The third-order valence-electron chi connectivity index (χ3n) is 4.33. The Bertz CT molecular complexity index is 844. The van der Waals surface area contributed by atoms with Gasteiger partial charge in [0.25, 0.3) is 5.91 Å². The lowest BCUT2D eigenvalue weighted by Gasteiger charge is -2.21. The Balaban J connectivity index is 2.38. The fourth-order valence-electron chi connectivity index (χ4n) is 2.74. The number of amides is 1. The number of aromatic carboxylic acids is 1. The molecule has 0 radical (unpaired) electrons. The van der Waals surface area contributed by atoms with Crippen molar-refractivity contribution < 1.29 is 24.2 Å². The van der Waals surface area contributed by atoms with Gasteiger partial charge in [-0.25, -0.2) is 4.79 Å². The second-order valence-electron chi connectivity index (χ2n) is 5.95. The normalized spacial score (nSPS) is 11.5. The number of carbonyl (C=O) groups is 3. The number of hydrogen-bond acceptors (Lipinski definition) is 4. The Morgan fingerprint density at radius 3 is 2.31 bits per heavy atom. The van der Waals surface area contributed by atoms with Crippen LogP contribution in [0.15, 0.2) is 42.5 Å². The standard InChI is InChI=1S/C20H21NO5/c1-12-7-6-10-14(13(12)2)17(11-18(22)26-3)21-19(23)15-8-4-5-9-16(15)20(24)25/h4-10,17H,11H2,1-3H3,(H,21,23)(H,24,25). The number of ether oxygens (including phenoxy) is 1. The molecule has 0 saturated heterocycles. The summed E-state index contributed by atoms with van der Waals surface area (Å²) in [5.41, 5.74) is 2.71. The van der Waals surface area contributed by atoms with Crippen LogP contribution >= 0.6 is 0 Å². The molecule has 1 unspecified atom stereocenters. The molecule has 0 aromatic heterocycles. The largest absolute Gasteiger partial charge is 0.478 e. The molecule has 2 aromatic rings. The lowest BCUT2D eigenvalue weighted by Crippen LogP contribution is -2.32. The Morgan fingerprint density at radius 2 is 1.69 bits per heavy atom. The van der Waals surface area contributed by atoms with E-state index in [9.17, 15) is 19.5 Å². The molecule has 6 heteroatoms. The van der Waals surface area contributed by atoms with E-state index in [0.717, 1.165) is 16.7 Å². The van der Waals surface area contributed by atoms with Crippen molar-refractivity contribution in [3.8, 4) is 0 Å². The lowest BCUT2D eigenvalue weighted by molar-refractivity contribution is -0.141. The smallest absolute Gasteiger partial charge is 0.336 e. The number of esters is 1. The highest BCUT2D eigenvalue weighted by Crippen LogP contribution is 2.24. The van der Waals surface area contributed by atoms with E-state index in [1.807, 2.05) is 32.0 Å². The summed E-state index contributed by atoms with van der Waals surface area (Å²) in [6.45, 7) is 3.85. The van der Waals surface area contributed by atoms with Crippen molar-refractivity contribution in [1.82, 2.24) is 5.32 Å². The Labute approximate surface area is 151 Å². The van der Waals surface area contributed by atoms with Crippen molar-refractivity contribution in [3.05, 3.63) is 70.3 Å². The number of aryl methyl sites for hydroxylation is 1. The highest BCUT2D eigenvalue weighted by Gasteiger charge is 2.23. The maximum atomic E-state index is 12.7. The summed E-state index contributed by atoms with van der Waals surface area (Å²) in [7, 11) is 1.28. The van der Waals surface area contributed by atoms with Crippen molar-refractivity contribution in [2.24, 2.45) is 0 Å². The van der Waals surface area contributed by atoms with E-state index >= 15 is 0 Å². The van der Waals surface area contributed by atoms with Gasteiger partial charge in [-0.3, -0.25) is 9.59 Å². The van der Waals surface area contributed by atoms with Crippen LogP contribution in [-0.2, 0) is 9.53 Å². The first-order valence-corrected chi connectivity index (χ1v) is 8.11. The second-order valence-corrected chi connectivity index (χ2v) is 5.95. The number of benzene rings is 2. The number of hydrogen-bond donors (Lipinski definition) is 2. The zero-order chi connectivity index (χ0) is 19.3. The number of carboxylic acids is 1. The summed E-state index contributed by atoms with van der Waals surface area (Å²) in [6.07, 6.45) is -0.0538. The molecule has 26 heavy (non-hydrogen) atoms. The molecule has 0 fully saturated rings. The Kier molecular flexibility index (Phi) is 6.11. The molecule has 136 valence electrons. The van der Waals surface area contributed by atoms with Crippen molar-refractivity contribution in [1.29, 1.82) is 0 Å². The predicted octanol–water partition coefficient (Wildman–Crippen LogP) is 3.04. The number of rotatable bonds is 6. The topological polar surface area (TPSA) is 92.7 Å². The zero-order valence-corrected chi connectivity index (χ0v) is 14.9. The summed E-state index contributed by atoms with van der Waals surface area (Å²) in [5.74, 6) is -2.22. The Morgan fingerprint density at radius 1 is 1.04 bits per heavy atom. The number of nitrogens with one attached hydrogen (secondary N) is 1. The van der Waals surface area contributed by atoms with E-state index in [1.54, 1.807) is 12.1 Å². The van der Waals surface area contributed by atoms with Gasteiger partial charge in [-0.2, -0.15) is 0 Å². The van der Waals surface area contributed by atoms with Gasteiger partial charge in [0.15, 0.2) is 0 Å². The Hall–Kier alpha value is -3.15. The van der Waals surface area contributed by atoms with E-state index in [0.29, 0.717) is 0 Å². The van der Waals surface area contributed by atoms with Gasteiger partial charge in [-0.15, -0.1) is 0 Å². The summed E-state index contributed by atoms with van der Waals surface area (Å²) < 4.78 is 4.74. The monoisotopic (exact) mass is 355 g/mol. The van der Waals surface area contributed by atoms with Crippen LogP contribution in [0, 0.1) is 13.8 Å². The average Bonchev–Trinajstić information content (AvgIpc) is 2.63. The fourth-order valence-corrected chi connectivity index (χ4v) is 2.74. The molecular formula is C20H21NO5. The molecule has 0 saturated carbocycles. The van der Waals surface area contributed by atoms with Crippen LogP contribution < -0.4 is 5.32 Å². The minimum atomic E-state index is -1.19. The fraction of sp³-hybridized carbons (Fsp3) is 0.250. The van der Waals surface area contributed by atoms with Crippen molar-refractivity contribution in [2.75, 3.05) is 7.11 Å². The van der Waals surface area contributed by atoms with Crippen LogP contribution in [-0.4, -0.2) is 30.1 Å². The molecule has 0 heterocycles. The SMILES string of the molecule is COC(=O)CC(NC(=O)c1ccccc1C(=O)O)c1cccc(C)c1C. The van der Waals surface area contributed by atoms with Crippen LogP contribution in [0.25, 0.3) is 0 Å². The van der Waals surface area contributed by atoms with Crippen LogP contribution in [0.5, 0.6) is 0 Å². The minimum absolute atomic E-state index is 0.0418. The van der Waals surface area contributed by atoms with Crippen molar-refractivity contribution in [3.63, 3.8) is 0 Å². The minimum Gasteiger partial charge on any atom is -0.478 e. The summed E-state index contributed by atoms with van der Waals surface area (Å²) in [6, 6.07) is 10.9. The van der Waals surface area contributed by atoms with Gasteiger partial charge in [0.05, 0.1) is 30.7 Å². The van der Waals surface area contributed by atoms with Gasteiger partial charge in [0.1, 0.15) is 0 Å². The van der Waals surface area contributed by atoms with Gasteiger partial charge in [0, 0.05) is 0 Å². The van der Waals surface area contributed by atoms with Crippen LogP contribution in [0.3, 0.4) is 0 Å². The molecular weight excluding hydrogens is 334 g/mol.